The van der Waals surface area contributed by atoms with Gasteiger partial charge in [0.25, 0.3) is 0 Å². The molecule has 1 heterocycles. The molecule has 1 aromatic carbocycles. The van der Waals surface area contributed by atoms with Gasteiger partial charge >= 0.3 is 6.03 Å². The molecule has 7 heteroatoms. The van der Waals surface area contributed by atoms with Gasteiger partial charge in [-0.2, -0.15) is 0 Å². The summed E-state index contributed by atoms with van der Waals surface area (Å²) in [5.74, 6) is -0.948. The first-order valence-electron chi connectivity index (χ1n) is 7.10. The molecule has 23 heavy (non-hydrogen) atoms. The van der Waals surface area contributed by atoms with Crippen molar-refractivity contribution in [3.8, 4) is 0 Å². The fourth-order valence-electron chi connectivity index (χ4n) is 2.02. The maximum atomic E-state index is 13.4. The van der Waals surface area contributed by atoms with Gasteiger partial charge in [-0.1, -0.05) is 6.07 Å². The summed E-state index contributed by atoms with van der Waals surface area (Å²) in [4.78, 5) is 11.7. The minimum atomic E-state index is -1.33. The van der Waals surface area contributed by atoms with Gasteiger partial charge in [0, 0.05) is 12.6 Å². The Morgan fingerprint density at radius 3 is 2.74 bits per heavy atom. The predicted octanol–water partition coefficient (Wildman–Crippen LogP) is 2.31. The van der Waals surface area contributed by atoms with Crippen LogP contribution < -0.4 is 10.6 Å². The molecular formula is C16H18F2N2O3. The van der Waals surface area contributed by atoms with E-state index in [2.05, 4.69) is 10.6 Å². The highest BCUT2D eigenvalue weighted by Crippen LogP contribution is 2.19. The lowest BCUT2D eigenvalue weighted by atomic mass is 10.0. The van der Waals surface area contributed by atoms with Crippen LogP contribution in [0, 0.1) is 11.6 Å². The van der Waals surface area contributed by atoms with Crippen LogP contribution in [-0.4, -0.2) is 24.2 Å². The Labute approximate surface area is 132 Å². The standard InChI is InChI=1S/C16H18F2N2O3/c1-16(22,14-3-2-8-23-14)10-20-15(21)19-7-6-11-4-5-12(17)9-13(11)18/h2-5,8-9,22H,6-7,10H2,1H3,(H2,19,20,21). The van der Waals surface area contributed by atoms with Gasteiger partial charge in [-0.3, -0.25) is 0 Å². The molecule has 5 nitrogen and oxygen atoms in total. The maximum Gasteiger partial charge on any atom is 0.314 e. The molecule has 3 N–H and O–H groups in total. The Morgan fingerprint density at radius 2 is 2.09 bits per heavy atom. The molecule has 0 spiro atoms. The molecule has 124 valence electrons. The molecule has 0 radical (unpaired) electrons. The van der Waals surface area contributed by atoms with E-state index in [4.69, 9.17) is 4.42 Å². The van der Waals surface area contributed by atoms with E-state index in [0.717, 1.165) is 6.07 Å². The Kier molecular flexibility index (Phi) is 5.33. The number of benzene rings is 1. The number of nitrogens with one attached hydrogen (secondary N) is 2. The molecule has 0 saturated carbocycles. The SMILES string of the molecule is CC(O)(CNC(=O)NCCc1ccc(F)cc1F)c1ccco1. The van der Waals surface area contributed by atoms with Crippen molar-refractivity contribution in [2.45, 2.75) is 18.9 Å². The van der Waals surface area contributed by atoms with Crippen molar-refractivity contribution in [3.63, 3.8) is 0 Å². The highest BCUT2D eigenvalue weighted by atomic mass is 19.1. The number of furan rings is 1. The van der Waals surface area contributed by atoms with Gasteiger partial charge in [0.2, 0.25) is 0 Å². The zero-order valence-electron chi connectivity index (χ0n) is 12.6. The molecule has 2 amide bonds. The monoisotopic (exact) mass is 324 g/mol. The van der Waals surface area contributed by atoms with Crippen LogP contribution in [0.3, 0.4) is 0 Å². The third-order valence-corrected chi connectivity index (χ3v) is 3.34. The summed E-state index contributed by atoms with van der Waals surface area (Å²) in [6.45, 7) is 1.65. The number of hydrogen-bond acceptors (Lipinski definition) is 3. The van der Waals surface area contributed by atoms with Crippen molar-refractivity contribution in [2.75, 3.05) is 13.1 Å². The summed E-state index contributed by atoms with van der Waals surface area (Å²) in [6.07, 6.45) is 1.66. The largest absolute Gasteiger partial charge is 0.466 e. The number of amides is 2. The van der Waals surface area contributed by atoms with E-state index in [0.29, 0.717) is 11.3 Å². The summed E-state index contributed by atoms with van der Waals surface area (Å²) < 4.78 is 31.3. The minimum Gasteiger partial charge on any atom is -0.466 e. The number of carbonyl (C=O) groups excluding carboxylic acids is 1. The number of rotatable bonds is 6. The summed E-state index contributed by atoms with van der Waals surface area (Å²) in [7, 11) is 0. The highest BCUT2D eigenvalue weighted by molar-refractivity contribution is 5.73. The molecule has 0 saturated heterocycles. The summed E-state index contributed by atoms with van der Waals surface area (Å²) in [5.41, 5.74) is -1.02. The van der Waals surface area contributed by atoms with Crippen molar-refractivity contribution in [1.82, 2.24) is 10.6 Å². The van der Waals surface area contributed by atoms with Crippen LogP contribution >= 0.6 is 0 Å². The van der Waals surface area contributed by atoms with E-state index in [9.17, 15) is 18.7 Å². The van der Waals surface area contributed by atoms with Crippen molar-refractivity contribution in [2.24, 2.45) is 0 Å². The fourth-order valence-corrected chi connectivity index (χ4v) is 2.02. The van der Waals surface area contributed by atoms with Gasteiger partial charge < -0.3 is 20.2 Å². The molecule has 1 unspecified atom stereocenters. The molecule has 0 aliphatic carbocycles. The predicted molar refractivity (Wildman–Crippen MR) is 79.7 cm³/mol. The van der Waals surface area contributed by atoms with Crippen LogP contribution in [0.2, 0.25) is 0 Å². The summed E-state index contributed by atoms with van der Waals surface area (Å²) >= 11 is 0. The van der Waals surface area contributed by atoms with Crippen LogP contribution in [0.4, 0.5) is 13.6 Å². The highest BCUT2D eigenvalue weighted by Gasteiger charge is 2.26. The molecule has 0 fully saturated rings. The van der Waals surface area contributed by atoms with Crippen molar-refractivity contribution in [1.29, 1.82) is 0 Å². The van der Waals surface area contributed by atoms with E-state index < -0.39 is 23.3 Å². The van der Waals surface area contributed by atoms with Gasteiger partial charge in [-0.25, -0.2) is 13.6 Å². The number of urea groups is 1. The van der Waals surface area contributed by atoms with Crippen LogP contribution in [-0.2, 0) is 12.0 Å². The minimum absolute atomic E-state index is 0.0444. The molecule has 2 rings (SSSR count). The number of halogens is 2. The van der Waals surface area contributed by atoms with Crippen molar-refractivity contribution in [3.05, 3.63) is 59.6 Å². The number of aliphatic hydroxyl groups is 1. The summed E-state index contributed by atoms with van der Waals surface area (Å²) in [6, 6.07) is 6.05. The van der Waals surface area contributed by atoms with E-state index in [1.807, 2.05) is 0 Å². The summed E-state index contributed by atoms with van der Waals surface area (Å²) in [5, 5.41) is 15.2. The van der Waals surface area contributed by atoms with Gasteiger partial charge in [0.1, 0.15) is 23.0 Å². The fraction of sp³-hybridized carbons (Fsp3) is 0.312. The average Bonchev–Trinajstić information content (AvgIpc) is 3.03. The number of carbonyl (C=O) groups is 1. The van der Waals surface area contributed by atoms with Gasteiger partial charge in [-0.05, 0) is 37.1 Å². The van der Waals surface area contributed by atoms with Crippen LogP contribution in [0.1, 0.15) is 18.2 Å². The first-order chi connectivity index (χ1) is 10.9. The quantitative estimate of drug-likeness (QED) is 0.763. The van der Waals surface area contributed by atoms with E-state index in [1.54, 1.807) is 12.1 Å². The van der Waals surface area contributed by atoms with Gasteiger partial charge in [0.15, 0.2) is 0 Å². The first kappa shape index (κ1) is 17.0. The van der Waals surface area contributed by atoms with Gasteiger partial charge in [0.05, 0.1) is 12.8 Å². The molecular weight excluding hydrogens is 306 g/mol. The smallest absolute Gasteiger partial charge is 0.314 e. The van der Waals surface area contributed by atoms with E-state index in [-0.39, 0.29) is 19.5 Å². The Bertz CT molecular complexity index is 657. The van der Waals surface area contributed by atoms with Gasteiger partial charge in [-0.15, -0.1) is 0 Å². The average molecular weight is 324 g/mol. The molecule has 1 aromatic heterocycles. The topological polar surface area (TPSA) is 74.5 Å². The third kappa shape index (κ3) is 4.79. The lowest BCUT2D eigenvalue weighted by Gasteiger charge is -2.21. The Morgan fingerprint density at radius 1 is 1.30 bits per heavy atom. The second-order valence-corrected chi connectivity index (χ2v) is 5.35. The molecule has 0 bridgehead atoms. The zero-order chi connectivity index (χ0) is 16.9. The van der Waals surface area contributed by atoms with Crippen molar-refractivity contribution < 1.29 is 23.1 Å². The molecule has 2 aromatic rings. The van der Waals surface area contributed by atoms with E-state index >= 15 is 0 Å². The molecule has 0 aliphatic heterocycles. The number of hydrogen-bond donors (Lipinski definition) is 3. The second kappa shape index (κ2) is 7.23. The normalized spacial score (nSPS) is 13.4. The molecule has 0 aliphatic rings. The first-order valence-corrected chi connectivity index (χ1v) is 7.10. The lowest BCUT2D eigenvalue weighted by Crippen LogP contribution is -2.43. The second-order valence-electron chi connectivity index (χ2n) is 5.35. The maximum absolute atomic E-state index is 13.4. The molecule has 1 atom stereocenters. The van der Waals surface area contributed by atoms with Crippen LogP contribution in [0.25, 0.3) is 0 Å². The van der Waals surface area contributed by atoms with Crippen LogP contribution in [0.15, 0.2) is 41.0 Å². The lowest BCUT2D eigenvalue weighted by molar-refractivity contribution is 0.0367. The van der Waals surface area contributed by atoms with E-state index in [1.165, 1.54) is 25.3 Å². The third-order valence-electron chi connectivity index (χ3n) is 3.34. The zero-order valence-corrected chi connectivity index (χ0v) is 12.6. The Hall–Kier alpha value is -2.41. The Balaban J connectivity index is 1.75. The van der Waals surface area contributed by atoms with Crippen molar-refractivity contribution >= 4 is 6.03 Å². The van der Waals surface area contributed by atoms with Crippen LogP contribution in [0.5, 0.6) is 0 Å².